The van der Waals surface area contributed by atoms with E-state index in [0.29, 0.717) is 29.2 Å². The van der Waals surface area contributed by atoms with E-state index in [1.54, 1.807) is 34.1 Å². The topological polar surface area (TPSA) is 105 Å². The number of likely N-dealkylation sites (tertiary alicyclic amines) is 1. The Bertz CT molecular complexity index is 1620. The third-order valence-electron chi connectivity index (χ3n) is 9.06. The van der Waals surface area contributed by atoms with Gasteiger partial charge in [0, 0.05) is 60.5 Å². The Morgan fingerprint density at radius 3 is 2.41 bits per heavy atom. The monoisotopic (exact) mass is 625 g/mol. The number of amides is 1. The van der Waals surface area contributed by atoms with Crippen LogP contribution in [-0.4, -0.2) is 83.5 Å². The molecule has 9 nitrogen and oxygen atoms in total. The van der Waals surface area contributed by atoms with E-state index >= 15 is 0 Å². The SMILES string of the molecule is CC(C)N(C(=O)c1cc(F)ccc1-n1cc(C(=O)[C@H]2CCN(CC3CCC(NS(C)(=O)=O)CC3)C2)c2ccncc21)C(C)C. The van der Waals surface area contributed by atoms with Crippen LogP contribution in [0.15, 0.2) is 42.9 Å². The number of hydrogen-bond acceptors (Lipinski definition) is 6. The van der Waals surface area contributed by atoms with Gasteiger partial charge in [0.15, 0.2) is 5.78 Å². The van der Waals surface area contributed by atoms with Crippen molar-refractivity contribution in [3.8, 4) is 5.69 Å². The molecule has 2 aromatic heterocycles. The van der Waals surface area contributed by atoms with Gasteiger partial charge in [-0.25, -0.2) is 17.5 Å². The van der Waals surface area contributed by atoms with Gasteiger partial charge in [-0.3, -0.25) is 14.6 Å². The van der Waals surface area contributed by atoms with Crippen LogP contribution in [0.25, 0.3) is 16.6 Å². The smallest absolute Gasteiger partial charge is 0.256 e. The largest absolute Gasteiger partial charge is 0.334 e. The molecule has 1 aromatic carbocycles. The number of sulfonamides is 1. The summed E-state index contributed by atoms with van der Waals surface area (Å²) >= 11 is 0. The molecule has 1 amide bonds. The fourth-order valence-corrected chi connectivity index (χ4v) is 7.97. The molecule has 238 valence electrons. The number of rotatable bonds is 10. The van der Waals surface area contributed by atoms with Gasteiger partial charge in [0.1, 0.15) is 5.82 Å². The van der Waals surface area contributed by atoms with Crippen LogP contribution in [0, 0.1) is 17.7 Å². The van der Waals surface area contributed by atoms with Crippen molar-refractivity contribution in [2.24, 2.45) is 11.8 Å². The zero-order valence-corrected chi connectivity index (χ0v) is 27.1. The van der Waals surface area contributed by atoms with Gasteiger partial charge in [-0.05, 0) is 96.5 Å². The number of carbonyl (C=O) groups excluding carboxylic acids is 2. The lowest BCUT2D eigenvalue weighted by Gasteiger charge is -2.31. The molecule has 3 aromatic rings. The fraction of sp³-hybridized carbons (Fsp3) is 0.545. The maximum Gasteiger partial charge on any atom is 0.256 e. The predicted octanol–water partition coefficient (Wildman–Crippen LogP) is 5.04. The molecule has 0 spiro atoms. The molecular weight excluding hydrogens is 581 g/mol. The summed E-state index contributed by atoms with van der Waals surface area (Å²) in [6.07, 6.45) is 10.7. The van der Waals surface area contributed by atoms with Gasteiger partial charge in [-0.1, -0.05) is 0 Å². The maximum atomic E-state index is 14.6. The number of aromatic nitrogens is 2. The van der Waals surface area contributed by atoms with E-state index in [-0.39, 0.29) is 41.3 Å². The molecule has 5 rings (SSSR count). The number of Topliss-reactive ketones (excluding diaryl/α,β-unsaturated/α-hetero) is 1. The van der Waals surface area contributed by atoms with Crippen molar-refractivity contribution < 1.29 is 22.4 Å². The highest BCUT2D eigenvalue weighted by molar-refractivity contribution is 7.88. The highest BCUT2D eigenvalue weighted by Gasteiger charge is 2.33. The summed E-state index contributed by atoms with van der Waals surface area (Å²) in [5.74, 6) is -0.376. The van der Waals surface area contributed by atoms with E-state index in [9.17, 15) is 22.4 Å². The minimum Gasteiger partial charge on any atom is -0.334 e. The molecule has 0 bridgehead atoms. The number of benzene rings is 1. The highest BCUT2D eigenvalue weighted by atomic mass is 32.2. The quantitative estimate of drug-likeness (QED) is 0.317. The summed E-state index contributed by atoms with van der Waals surface area (Å²) in [4.78, 5) is 36.2. The van der Waals surface area contributed by atoms with Crippen LogP contribution in [-0.2, 0) is 10.0 Å². The third kappa shape index (κ3) is 7.05. The van der Waals surface area contributed by atoms with Gasteiger partial charge in [0.25, 0.3) is 5.91 Å². The first kappa shape index (κ1) is 32.2. The van der Waals surface area contributed by atoms with E-state index in [1.807, 2.05) is 33.8 Å². The second-order valence-corrected chi connectivity index (χ2v) is 14.9. The number of hydrogen-bond donors (Lipinski definition) is 1. The molecule has 3 heterocycles. The van der Waals surface area contributed by atoms with Crippen LogP contribution in [0.2, 0.25) is 0 Å². The van der Waals surface area contributed by atoms with Crippen LogP contribution < -0.4 is 4.72 Å². The summed E-state index contributed by atoms with van der Waals surface area (Å²) in [7, 11) is -3.20. The molecule has 2 aliphatic rings. The molecule has 44 heavy (non-hydrogen) atoms. The number of nitrogens with zero attached hydrogens (tertiary/aromatic N) is 4. The summed E-state index contributed by atoms with van der Waals surface area (Å²) in [6, 6.07) is 5.89. The maximum absolute atomic E-state index is 14.6. The number of carbonyl (C=O) groups is 2. The average molecular weight is 626 g/mol. The van der Waals surface area contributed by atoms with Gasteiger partial charge >= 0.3 is 0 Å². The van der Waals surface area contributed by atoms with Crippen molar-refractivity contribution in [2.45, 2.75) is 77.9 Å². The lowest BCUT2D eigenvalue weighted by atomic mass is 9.86. The first-order valence-electron chi connectivity index (χ1n) is 15.6. The average Bonchev–Trinajstić information content (AvgIpc) is 3.58. The summed E-state index contributed by atoms with van der Waals surface area (Å²) in [5.41, 5.74) is 2.01. The van der Waals surface area contributed by atoms with Crippen LogP contribution in [0.4, 0.5) is 4.39 Å². The fourth-order valence-electron chi connectivity index (χ4n) is 7.13. The van der Waals surface area contributed by atoms with Crippen LogP contribution >= 0.6 is 0 Å². The second kappa shape index (κ2) is 13.1. The van der Waals surface area contributed by atoms with E-state index in [4.69, 9.17) is 0 Å². The van der Waals surface area contributed by atoms with Crippen molar-refractivity contribution in [1.82, 2.24) is 24.1 Å². The summed E-state index contributed by atoms with van der Waals surface area (Å²) in [6.45, 7) is 10.2. The minimum atomic E-state index is -3.20. The van der Waals surface area contributed by atoms with Gasteiger partial charge in [0.05, 0.1) is 29.2 Å². The van der Waals surface area contributed by atoms with Gasteiger partial charge in [0.2, 0.25) is 10.0 Å². The van der Waals surface area contributed by atoms with Crippen LogP contribution in [0.3, 0.4) is 0 Å². The van der Waals surface area contributed by atoms with Crippen LogP contribution in [0.1, 0.15) is 80.5 Å². The van der Waals surface area contributed by atoms with Crippen LogP contribution in [0.5, 0.6) is 0 Å². The Morgan fingerprint density at radius 1 is 1.05 bits per heavy atom. The third-order valence-corrected chi connectivity index (χ3v) is 9.82. The molecule has 2 fully saturated rings. The Morgan fingerprint density at radius 2 is 1.75 bits per heavy atom. The number of halogens is 1. The highest BCUT2D eigenvalue weighted by Crippen LogP contribution is 2.33. The van der Waals surface area contributed by atoms with Gasteiger partial charge in [-0.2, -0.15) is 0 Å². The molecule has 1 atom stereocenters. The first-order valence-corrected chi connectivity index (χ1v) is 17.5. The van der Waals surface area contributed by atoms with Crippen molar-refractivity contribution in [3.63, 3.8) is 0 Å². The van der Waals surface area contributed by atoms with Gasteiger partial charge < -0.3 is 14.4 Å². The molecule has 0 unspecified atom stereocenters. The molecule has 1 saturated heterocycles. The van der Waals surface area contributed by atoms with E-state index < -0.39 is 15.8 Å². The second-order valence-electron chi connectivity index (χ2n) is 13.1. The normalized spacial score (nSPS) is 21.4. The zero-order chi connectivity index (χ0) is 31.8. The predicted molar refractivity (Wildman–Crippen MR) is 170 cm³/mol. The molecular formula is C33H44FN5O4S. The van der Waals surface area contributed by atoms with Crippen molar-refractivity contribution in [1.29, 1.82) is 0 Å². The minimum absolute atomic E-state index is 0.0108. The number of pyridine rings is 1. The van der Waals surface area contributed by atoms with Gasteiger partial charge in [-0.15, -0.1) is 0 Å². The number of fused-ring (bicyclic) bond motifs is 1. The van der Waals surface area contributed by atoms with E-state index in [1.165, 1.54) is 18.4 Å². The molecule has 1 aliphatic carbocycles. The van der Waals surface area contributed by atoms with E-state index in [2.05, 4.69) is 14.6 Å². The number of nitrogens with one attached hydrogen (secondary N) is 1. The Hall–Kier alpha value is -3.15. The summed E-state index contributed by atoms with van der Waals surface area (Å²) < 4.78 is 42.3. The molecule has 1 aliphatic heterocycles. The number of ketones is 1. The van der Waals surface area contributed by atoms with Crippen molar-refractivity contribution in [3.05, 3.63) is 59.8 Å². The first-order chi connectivity index (χ1) is 20.8. The Labute approximate surface area is 259 Å². The molecule has 1 saturated carbocycles. The lowest BCUT2D eigenvalue weighted by molar-refractivity contribution is 0.0643. The Kier molecular flexibility index (Phi) is 9.58. The lowest BCUT2D eigenvalue weighted by Crippen LogP contribution is -2.42. The van der Waals surface area contributed by atoms with Crippen molar-refractivity contribution in [2.75, 3.05) is 25.9 Å². The molecule has 0 radical (unpaired) electrons. The zero-order valence-electron chi connectivity index (χ0n) is 26.3. The molecule has 11 heteroatoms. The standard InChI is InChI=1S/C33H44FN5O4S/c1-21(2)39(22(3)4)33(41)28-16-25(34)8-11-30(28)38-20-29(27-12-14-35-17-31(27)38)32(40)24-13-15-37(19-24)18-23-6-9-26(10-7-23)36-44(5,42)43/h8,11-12,14,16-17,20-24,26,36H,6-7,9-10,13,15,18-19H2,1-5H3/t23?,24-,26?/m0/s1. The van der Waals surface area contributed by atoms with E-state index in [0.717, 1.165) is 50.6 Å². The summed E-state index contributed by atoms with van der Waals surface area (Å²) in [5, 5.41) is 0.757. The molecule has 1 N–H and O–H groups in total. The van der Waals surface area contributed by atoms with Crippen molar-refractivity contribution >= 4 is 32.6 Å². The Balaban J connectivity index is 1.36.